The summed E-state index contributed by atoms with van der Waals surface area (Å²) in [4.78, 5) is 22.4. The van der Waals surface area contributed by atoms with Gasteiger partial charge in [-0.25, -0.2) is 9.98 Å². The van der Waals surface area contributed by atoms with Crippen LogP contribution in [0.4, 0.5) is 17.6 Å². The van der Waals surface area contributed by atoms with Gasteiger partial charge in [0, 0.05) is 18.8 Å². The van der Waals surface area contributed by atoms with Crippen molar-refractivity contribution in [2.45, 2.75) is 11.0 Å². The maximum absolute atomic E-state index is 14.3. The van der Waals surface area contributed by atoms with Crippen LogP contribution in [0, 0.1) is 5.95 Å². The van der Waals surface area contributed by atoms with Crippen LogP contribution in [0.5, 0.6) is 5.75 Å². The van der Waals surface area contributed by atoms with Crippen LogP contribution in [0.25, 0.3) is 11.1 Å². The van der Waals surface area contributed by atoms with Gasteiger partial charge in [-0.05, 0) is 47.0 Å². The van der Waals surface area contributed by atoms with E-state index in [0.717, 1.165) is 17.0 Å². The minimum atomic E-state index is -5.96. The number of rotatable bonds is 5. The molecule has 8 nitrogen and oxygen atoms in total. The average molecular weight is 508 g/mol. The third kappa shape index (κ3) is 4.07. The fourth-order valence-corrected chi connectivity index (χ4v) is 4.10. The van der Waals surface area contributed by atoms with Crippen molar-refractivity contribution in [3.63, 3.8) is 0 Å². The van der Waals surface area contributed by atoms with Crippen molar-refractivity contribution in [2.24, 2.45) is 10.7 Å². The van der Waals surface area contributed by atoms with E-state index in [1.165, 1.54) is 55.7 Å². The first-order chi connectivity index (χ1) is 16.4. The molecule has 0 bridgehead atoms. The maximum atomic E-state index is 14.3. The molecule has 2 N–H and O–H groups in total. The van der Waals surface area contributed by atoms with E-state index in [-0.39, 0.29) is 22.6 Å². The first-order valence-electron chi connectivity index (χ1n) is 9.83. The quantitative estimate of drug-likeness (QED) is 0.245. The van der Waals surface area contributed by atoms with Gasteiger partial charge in [-0.1, -0.05) is 30.3 Å². The highest BCUT2D eigenvalue weighted by atomic mass is 32.2. The summed E-state index contributed by atoms with van der Waals surface area (Å²) in [5.41, 5.74) is -1.01. The number of carbonyl (C=O) groups excluding carboxylic acids is 1. The number of halogens is 4. The van der Waals surface area contributed by atoms with E-state index in [1.807, 2.05) is 0 Å². The van der Waals surface area contributed by atoms with Gasteiger partial charge in [0.15, 0.2) is 11.5 Å². The summed E-state index contributed by atoms with van der Waals surface area (Å²) in [6, 6.07) is 13.6. The van der Waals surface area contributed by atoms with Crippen LogP contribution >= 0.6 is 0 Å². The van der Waals surface area contributed by atoms with Crippen LogP contribution < -0.4 is 9.92 Å². The Morgan fingerprint density at radius 1 is 1.03 bits per heavy atom. The molecule has 2 heterocycles. The first kappa shape index (κ1) is 24.1. The highest BCUT2D eigenvalue weighted by Crippen LogP contribution is 2.42. The number of hydrogen-bond acceptors (Lipinski definition) is 7. The van der Waals surface area contributed by atoms with Crippen LogP contribution in [0.1, 0.15) is 11.1 Å². The maximum Gasteiger partial charge on any atom is 0.534 e. The largest absolute Gasteiger partial charge is 0.534 e. The van der Waals surface area contributed by atoms with E-state index in [4.69, 9.17) is 5.73 Å². The molecule has 0 spiro atoms. The van der Waals surface area contributed by atoms with Crippen LogP contribution in [-0.2, 0) is 20.5 Å². The number of hydrogen-bond donors (Lipinski definition) is 1. The summed E-state index contributed by atoms with van der Waals surface area (Å²) >= 11 is 0. The Hall–Kier alpha value is -4.00. The lowest BCUT2D eigenvalue weighted by Gasteiger charge is -2.27. The Bertz CT molecular complexity index is 1460. The Balaban J connectivity index is 1.90. The van der Waals surface area contributed by atoms with E-state index in [9.17, 15) is 30.8 Å². The Labute approximate surface area is 196 Å². The summed E-state index contributed by atoms with van der Waals surface area (Å²) in [6.45, 7) is 0. The van der Waals surface area contributed by atoms with E-state index < -0.39 is 38.8 Å². The van der Waals surface area contributed by atoms with E-state index in [1.54, 1.807) is 6.07 Å². The summed E-state index contributed by atoms with van der Waals surface area (Å²) in [7, 11) is -4.61. The Morgan fingerprint density at radius 2 is 1.69 bits per heavy atom. The van der Waals surface area contributed by atoms with Gasteiger partial charge < -0.3 is 9.92 Å². The minimum Gasteiger partial charge on any atom is -0.376 e. The molecule has 35 heavy (non-hydrogen) atoms. The van der Waals surface area contributed by atoms with E-state index >= 15 is 0 Å². The van der Waals surface area contributed by atoms with Crippen LogP contribution in [0.15, 0.2) is 71.9 Å². The third-order valence-electron chi connectivity index (χ3n) is 5.33. The highest BCUT2D eigenvalue weighted by Gasteiger charge is 2.51. The van der Waals surface area contributed by atoms with Crippen molar-refractivity contribution in [3.8, 4) is 16.9 Å². The summed E-state index contributed by atoms with van der Waals surface area (Å²) in [5, 5.41) is 0. The molecule has 1 atom stereocenters. The number of nitrogens with two attached hydrogens (primary N) is 1. The molecular weight excluding hydrogens is 492 g/mol. The number of pyridine rings is 1. The van der Waals surface area contributed by atoms with Crippen molar-refractivity contribution in [1.29, 1.82) is 0 Å². The second kappa shape index (κ2) is 8.34. The van der Waals surface area contributed by atoms with Crippen molar-refractivity contribution in [3.05, 3.63) is 83.9 Å². The molecule has 0 saturated carbocycles. The topological polar surface area (TPSA) is 115 Å². The first-order valence-corrected chi connectivity index (χ1v) is 11.2. The van der Waals surface area contributed by atoms with Crippen molar-refractivity contribution < 1.29 is 35.0 Å². The van der Waals surface area contributed by atoms with Gasteiger partial charge in [-0.2, -0.15) is 26.0 Å². The number of amides is 1. The zero-order valence-electron chi connectivity index (χ0n) is 17.8. The lowest BCUT2D eigenvalue weighted by molar-refractivity contribution is -0.129. The second-order valence-corrected chi connectivity index (χ2v) is 9.02. The molecule has 0 radical (unpaired) electrons. The van der Waals surface area contributed by atoms with Gasteiger partial charge in [-0.15, -0.1) is 0 Å². The fourth-order valence-electron chi connectivity index (χ4n) is 3.64. The molecule has 0 aliphatic carbocycles. The summed E-state index contributed by atoms with van der Waals surface area (Å²) in [5.74, 6) is -2.31. The van der Waals surface area contributed by atoms with Gasteiger partial charge in [0.25, 0.3) is 5.91 Å². The Morgan fingerprint density at radius 3 is 2.29 bits per heavy atom. The summed E-state index contributed by atoms with van der Waals surface area (Å²) < 4.78 is 80.0. The van der Waals surface area contributed by atoms with Crippen LogP contribution in [0.2, 0.25) is 0 Å². The number of aromatic nitrogens is 1. The molecule has 1 aromatic heterocycles. The number of likely N-dealkylation sites (N-methyl/N-ethyl adjacent to an activating group) is 1. The lowest BCUT2D eigenvalue weighted by atomic mass is 9.81. The molecule has 2 aromatic carbocycles. The fraction of sp³-hybridized carbons (Fsp3) is 0.136. The van der Waals surface area contributed by atoms with Crippen LogP contribution in [-0.4, -0.2) is 42.7 Å². The van der Waals surface area contributed by atoms with Gasteiger partial charge in [0.2, 0.25) is 5.95 Å². The zero-order valence-corrected chi connectivity index (χ0v) is 18.6. The highest BCUT2D eigenvalue weighted by molar-refractivity contribution is 7.88. The molecule has 182 valence electrons. The molecule has 3 aromatic rings. The van der Waals surface area contributed by atoms with Gasteiger partial charge in [0.1, 0.15) is 5.75 Å². The van der Waals surface area contributed by atoms with Gasteiger partial charge in [0.05, 0.1) is 0 Å². The normalized spacial score (nSPS) is 18.5. The lowest BCUT2D eigenvalue weighted by Crippen LogP contribution is -2.41. The molecular formula is C22H16F4N4O4S. The minimum absolute atomic E-state index is 0.0199. The van der Waals surface area contributed by atoms with Crippen molar-refractivity contribution in [1.82, 2.24) is 9.88 Å². The molecule has 13 heteroatoms. The molecule has 0 saturated heterocycles. The number of aliphatic imine (C=N–C) groups is 1. The van der Waals surface area contributed by atoms with Crippen LogP contribution in [0.3, 0.4) is 0 Å². The molecule has 4 rings (SSSR count). The standard InChI is InChI=1S/C22H16F4N4O4S/c1-30-19(31)21(29-20(30)27,14-6-2-5-13(11-14)17-9-4-10-28-18(17)23)15-7-3-8-16(12-15)34-35(32,33)22(24,25)26/h2-12H,1H3,(H2,27,29). The van der Waals surface area contributed by atoms with Crippen molar-refractivity contribution >= 4 is 22.0 Å². The number of alkyl halides is 3. The SMILES string of the molecule is CN1C(=O)C(c2cccc(OS(=O)(=O)C(F)(F)F)c2)(c2cccc(-c3cccnc3F)c2)N=C1N. The predicted octanol–water partition coefficient (Wildman–Crippen LogP) is 3.15. The van der Waals surface area contributed by atoms with E-state index in [0.29, 0.717) is 5.56 Å². The molecule has 0 fully saturated rings. The average Bonchev–Trinajstić information content (AvgIpc) is 3.03. The number of benzene rings is 2. The van der Waals surface area contributed by atoms with Gasteiger partial charge >= 0.3 is 15.6 Å². The van der Waals surface area contributed by atoms with Crippen molar-refractivity contribution in [2.75, 3.05) is 7.05 Å². The smallest absolute Gasteiger partial charge is 0.376 e. The molecule has 1 unspecified atom stereocenters. The predicted molar refractivity (Wildman–Crippen MR) is 117 cm³/mol. The third-order valence-corrected chi connectivity index (χ3v) is 6.31. The monoisotopic (exact) mass is 508 g/mol. The second-order valence-electron chi connectivity index (χ2n) is 7.48. The number of nitrogens with zero attached hydrogens (tertiary/aromatic N) is 3. The number of carbonyl (C=O) groups is 1. The molecule has 1 amide bonds. The zero-order chi connectivity index (χ0) is 25.6. The molecule has 1 aliphatic rings. The Kier molecular flexibility index (Phi) is 5.75. The number of guanidine groups is 1. The van der Waals surface area contributed by atoms with E-state index in [2.05, 4.69) is 14.2 Å². The summed E-state index contributed by atoms with van der Waals surface area (Å²) in [6.07, 6.45) is 1.27. The van der Waals surface area contributed by atoms with Gasteiger partial charge in [-0.3, -0.25) is 9.69 Å². The molecule has 1 aliphatic heterocycles.